The number of halogens is 2. The van der Waals surface area contributed by atoms with Crippen molar-refractivity contribution < 1.29 is 18.7 Å². The van der Waals surface area contributed by atoms with Gasteiger partial charge in [-0.2, -0.15) is 0 Å². The largest absolute Gasteiger partial charge is 0.385 e. The average molecular weight is 224 g/mol. The summed E-state index contributed by atoms with van der Waals surface area (Å²) in [7, 11) is 0. The lowest BCUT2D eigenvalue weighted by Gasteiger charge is -2.15. The molecule has 0 bridgehead atoms. The normalized spacial score (nSPS) is 15.5. The second-order valence-electron chi connectivity index (χ2n) is 3.88. The molecule has 2 atom stereocenters. The van der Waals surface area contributed by atoms with Crippen LogP contribution in [0.3, 0.4) is 0 Å². The first-order valence-electron chi connectivity index (χ1n) is 4.84. The number of carbonyl (C=O) groups excluding carboxylic acids is 1. The number of hydrogen-bond donors (Lipinski definition) is 3. The van der Waals surface area contributed by atoms with Gasteiger partial charge in [0.1, 0.15) is 6.10 Å². The standard InChI is InChI=1S/C9H18F2N2O2/c1-5(2)3-6(12)9(15)13-4-7(14)8(10)11/h5-8,14H,3-4,12H2,1-2H3,(H,13,15)/t6-,7?/m0/s1. The van der Waals surface area contributed by atoms with Crippen molar-refractivity contribution in [1.29, 1.82) is 0 Å². The fourth-order valence-corrected chi connectivity index (χ4v) is 1.04. The third kappa shape index (κ3) is 6.35. The number of nitrogens with two attached hydrogens (primary N) is 1. The van der Waals surface area contributed by atoms with Gasteiger partial charge in [-0.3, -0.25) is 4.79 Å². The Morgan fingerprint density at radius 2 is 2.00 bits per heavy atom. The SMILES string of the molecule is CC(C)C[C@H](N)C(=O)NCC(O)C(F)F. The maximum absolute atomic E-state index is 11.9. The number of alkyl halides is 2. The van der Waals surface area contributed by atoms with Crippen LogP contribution in [0.5, 0.6) is 0 Å². The Kier molecular flexibility index (Phi) is 6.35. The number of amides is 1. The lowest BCUT2D eigenvalue weighted by molar-refractivity contribution is -0.123. The number of aliphatic hydroxyl groups excluding tert-OH is 1. The Balaban J connectivity index is 3.83. The van der Waals surface area contributed by atoms with Crippen molar-refractivity contribution in [3.8, 4) is 0 Å². The van der Waals surface area contributed by atoms with Gasteiger partial charge in [0, 0.05) is 6.54 Å². The van der Waals surface area contributed by atoms with Crippen LogP contribution in [0.15, 0.2) is 0 Å². The molecule has 0 saturated carbocycles. The molecule has 0 saturated heterocycles. The van der Waals surface area contributed by atoms with Gasteiger partial charge in [0.2, 0.25) is 5.91 Å². The number of carbonyl (C=O) groups is 1. The second-order valence-corrected chi connectivity index (χ2v) is 3.88. The van der Waals surface area contributed by atoms with Gasteiger partial charge in [0.15, 0.2) is 0 Å². The number of aliphatic hydroxyl groups is 1. The maximum Gasteiger partial charge on any atom is 0.265 e. The second kappa shape index (κ2) is 6.68. The van der Waals surface area contributed by atoms with Crippen LogP contribution in [0, 0.1) is 5.92 Å². The van der Waals surface area contributed by atoms with E-state index >= 15 is 0 Å². The van der Waals surface area contributed by atoms with Crippen molar-refractivity contribution in [1.82, 2.24) is 5.32 Å². The van der Waals surface area contributed by atoms with Gasteiger partial charge in [0.05, 0.1) is 6.04 Å². The van der Waals surface area contributed by atoms with Gasteiger partial charge < -0.3 is 16.2 Å². The zero-order valence-electron chi connectivity index (χ0n) is 8.91. The smallest absolute Gasteiger partial charge is 0.265 e. The highest BCUT2D eigenvalue weighted by Gasteiger charge is 2.20. The van der Waals surface area contributed by atoms with E-state index in [0.717, 1.165) is 0 Å². The van der Waals surface area contributed by atoms with Crippen LogP contribution in [-0.2, 0) is 4.79 Å². The van der Waals surface area contributed by atoms with E-state index in [0.29, 0.717) is 6.42 Å². The van der Waals surface area contributed by atoms with Gasteiger partial charge >= 0.3 is 0 Å². The van der Waals surface area contributed by atoms with E-state index < -0.39 is 31.0 Å². The van der Waals surface area contributed by atoms with Crippen molar-refractivity contribution >= 4 is 5.91 Å². The third-order valence-electron chi connectivity index (χ3n) is 1.84. The number of rotatable bonds is 6. The molecular weight excluding hydrogens is 206 g/mol. The molecule has 0 radical (unpaired) electrons. The Hall–Kier alpha value is -0.750. The van der Waals surface area contributed by atoms with Crippen LogP contribution in [0.2, 0.25) is 0 Å². The molecule has 6 heteroatoms. The van der Waals surface area contributed by atoms with Crippen LogP contribution < -0.4 is 11.1 Å². The van der Waals surface area contributed by atoms with Crippen LogP contribution in [0.4, 0.5) is 8.78 Å². The minimum atomic E-state index is -2.85. The van der Waals surface area contributed by atoms with Crippen LogP contribution in [-0.4, -0.2) is 36.1 Å². The zero-order chi connectivity index (χ0) is 12.0. The Bertz CT molecular complexity index is 201. The zero-order valence-corrected chi connectivity index (χ0v) is 8.91. The summed E-state index contributed by atoms with van der Waals surface area (Å²) in [6, 6.07) is -0.713. The molecule has 0 aromatic rings. The summed E-state index contributed by atoms with van der Waals surface area (Å²) in [6.07, 6.45) is -4.21. The molecule has 4 N–H and O–H groups in total. The predicted octanol–water partition coefficient (Wildman–Crippen LogP) is 0.102. The summed E-state index contributed by atoms with van der Waals surface area (Å²) in [6.45, 7) is 3.34. The quantitative estimate of drug-likeness (QED) is 0.599. The molecule has 0 aromatic heterocycles. The van der Waals surface area contributed by atoms with Crippen LogP contribution in [0.25, 0.3) is 0 Å². The molecule has 0 aliphatic carbocycles. The van der Waals surface area contributed by atoms with E-state index in [4.69, 9.17) is 10.8 Å². The summed E-state index contributed by atoms with van der Waals surface area (Å²) in [4.78, 5) is 11.2. The van der Waals surface area contributed by atoms with Crippen molar-refractivity contribution in [2.45, 2.75) is 38.8 Å². The molecule has 15 heavy (non-hydrogen) atoms. The lowest BCUT2D eigenvalue weighted by Crippen LogP contribution is -2.45. The topological polar surface area (TPSA) is 75.4 Å². The van der Waals surface area contributed by atoms with Gasteiger partial charge in [0.25, 0.3) is 6.43 Å². The first-order chi connectivity index (χ1) is 6.84. The molecule has 0 fully saturated rings. The number of nitrogens with one attached hydrogen (secondary N) is 1. The van der Waals surface area contributed by atoms with E-state index in [1.807, 2.05) is 13.8 Å². The Morgan fingerprint density at radius 3 is 2.40 bits per heavy atom. The van der Waals surface area contributed by atoms with Crippen LogP contribution >= 0.6 is 0 Å². The predicted molar refractivity (Wildman–Crippen MR) is 52.5 cm³/mol. The molecule has 0 aliphatic heterocycles. The van der Waals surface area contributed by atoms with E-state index in [-0.39, 0.29) is 5.92 Å². The summed E-state index contributed by atoms with van der Waals surface area (Å²) < 4.78 is 23.7. The third-order valence-corrected chi connectivity index (χ3v) is 1.84. The summed E-state index contributed by atoms with van der Waals surface area (Å²) in [5, 5.41) is 10.9. The van der Waals surface area contributed by atoms with Crippen molar-refractivity contribution in [2.75, 3.05) is 6.54 Å². The molecule has 1 unspecified atom stereocenters. The Morgan fingerprint density at radius 1 is 1.47 bits per heavy atom. The summed E-state index contributed by atoms with van der Waals surface area (Å²) >= 11 is 0. The van der Waals surface area contributed by atoms with E-state index in [1.165, 1.54) is 0 Å². The first kappa shape index (κ1) is 14.2. The highest BCUT2D eigenvalue weighted by atomic mass is 19.3. The fraction of sp³-hybridized carbons (Fsp3) is 0.889. The van der Waals surface area contributed by atoms with Gasteiger partial charge in [-0.05, 0) is 12.3 Å². The van der Waals surface area contributed by atoms with Gasteiger partial charge in [-0.1, -0.05) is 13.8 Å². The Labute approximate surface area is 87.8 Å². The van der Waals surface area contributed by atoms with Gasteiger partial charge in [-0.15, -0.1) is 0 Å². The first-order valence-corrected chi connectivity index (χ1v) is 4.84. The molecule has 0 rings (SSSR count). The summed E-state index contributed by atoms with van der Waals surface area (Å²) in [5.41, 5.74) is 5.50. The monoisotopic (exact) mass is 224 g/mol. The minimum absolute atomic E-state index is 0.255. The lowest BCUT2D eigenvalue weighted by atomic mass is 10.0. The molecule has 0 spiro atoms. The van der Waals surface area contributed by atoms with Crippen molar-refractivity contribution in [3.63, 3.8) is 0 Å². The molecular formula is C9H18F2N2O2. The highest BCUT2D eigenvalue weighted by Crippen LogP contribution is 2.03. The van der Waals surface area contributed by atoms with E-state index in [9.17, 15) is 13.6 Å². The van der Waals surface area contributed by atoms with Crippen molar-refractivity contribution in [3.05, 3.63) is 0 Å². The molecule has 0 heterocycles. The molecule has 4 nitrogen and oxygen atoms in total. The maximum atomic E-state index is 11.9. The highest BCUT2D eigenvalue weighted by molar-refractivity contribution is 5.81. The molecule has 90 valence electrons. The van der Waals surface area contributed by atoms with Crippen molar-refractivity contribution in [2.24, 2.45) is 11.7 Å². The average Bonchev–Trinajstić information content (AvgIpc) is 2.12. The summed E-state index contributed by atoms with van der Waals surface area (Å²) in [5.74, 6) is -0.255. The van der Waals surface area contributed by atoms with Gasteiger partial charge in [-0.25, -0.2) is 8.78 Å². The number of hydrogen-bond acceptors (Lipinski definition) is 3. The van der Waals surface area contributed by atoms with E-state index in [1.54, 1.807) is 0 Å². The fourth-order valence-electron chi connectivity index (χ4n) is 1.04. The minimum Gasteiger partial charge on any atom is -0.385 e. The molecule has 1 amide bonds. The molecule has 0 aromatic carbocycles. The van der Waals surface area contributed by atoms with E-state index in [2.05, 4.69) is 5.32 Å². The van der Waals surface area contributed by atoms with Crippen LogP contribution in [0.1, 0.15) is 20.3 Å². The molecule has 0 aliphatic rings.